The third-order valence-corrected chi connectivity index (χ3v) is 5.76. The largest absolute Gasteiger partial charge is 0.346 e. The third kappa shape index (κ3) is 4.39. The summed E-state index contributed by atoms with van der Waals surface area (Å²) >= 11 is 0. The molecule has 2 aromatic carbocycles. The highest BCUT2D eigenvalue weighted by atomic mass is 16.2. The highest BCUT2D eigenvalue weighted by Gasteiger charge is 2.26. The first-order chi connectivity index (χ1) is 17.3. The van der Waals surface area contributed by atoms with Gasteiger partial charge in [-0.25, -0.2) is 0 Å². The van der Waals surface area contributed by atoms with E-state index < -0.39 is 0 Å². The summed E-state index contributed by atoms with van der Waals surface area (Å²) in [7, 11) is 1.70. The van der Waals surface area contributed by atoms with Crippen LogP contribution in [0, 0.1) is 13.8 Å². The number of rotatable bonds is 6. The number of carbonyl (C=O) groups is 3. The van der Waals surface area contributed by atoms with E-state index >= 15 is 0 Å². The molecule has 4 N–H and O–H groups in total. The maximum absolute atomic E-state index is 13.3. The topological polar surface area (TPSA) is 134 Å². The average molecular weight is 482 g/mol. The van der Waals surface area contributed by atoms with Gasteiger partial charge in [0.05, 0.1) is 17.0 Å². The lowest BCUT2D eigenvalue weighted by Gasteiger charge is -2.08. The fourth-order valence-corrected chi connectivity index (χ4v) is 4.04. The van der Waals surface area contributed by atoms with E-state index in [1.807, 2.05) is 19.9 Å². The monoisotopic (exact) mass is 481 g/mol. The predicted molar refractivity (Wildman–Crippen MR) is 136 cm³/mol. The Labute approximate surface area is 206 Å². The second kappa shape index (κ2) is 8.99. The molecule has 4 aromatic rings. The van der Waals surface area contributed by atoms with Crippen molar-refractivity contribution >= 4 is 40.4 Å². The van der Waals surface area contributed by atoms with Gasteiger partial charge in [-0.15, -0.1) is 0 Å². The Balaban J connectivity index is 1.38. The molecule has 2 aromatic heterocycles. The van der Waals surface area contributed by atoms with Gasteiger partial charge < -0.3 is 16.0 Å². The van der Waals surface area contributed by atoms with Crippen molar-refractivity contribution in [2.24, 2.45) is 7.05 Å². The van der Waals surface area contributed by atoms with E-state index in [0.29, 0.717) is 45.2 Å². The van der Waals surface area contributed by atoms with Crippen LogP contribution >= 0.6 is 0 Å². The fraction of sp³-hybridized carbons (Fsp3) is 0.115. The van der Waals surface area contributed by atoms with Crippen LogP contribution in [0.1, 0.15) is 43.4 Å². The van der Waals surface area contributed by atoms with E-state index in [1.54, 1.807) is 61.8 Å². The molecular formula is C26H23N7O3. The second-order valence-electron chi connectivity index (χ2n) is 8.50. The molecule has 0 atom stereocenters. The van der Waals surface area contributed by atoms with Crippen LogP contribution in [-0.4, -0.2) is 37.6 Å². The summed E-state index contributed by atoms with van der Waals surface area (Å²) in [6.45, 7) is 3.66. The Bertz CT molecular complexity index is 1560. The first kappa shape index (κ1) is 22.8. The Morgan fingerprint density at radius 1 is 1.00 bits per heavy atom. The molecule has 36 heavy (non-hydrogen) atoms. The van der Waals surface area contributed by atoms with Crippen molar-refractivity contribution in [1.82, 2.24) is 20.0 Å². The highest BCUT2D eigenvalue weighted by Crippen LogP contribution is 2.33. The van der Waals surface area contributed by atoms with Gasteiger partial charge in [0.25, 0.3) is 11.8 Å². The van der Waals surface area contributed by atoms with E-state index in [0.717, 1.165) is 11.4 Å². The smallest absolute Gasteiger partial charge is 0.273 e. The van der Waals surface area contributed by atoms with Crippen molar-refractivity contribution in [3.63, 3.8) is 0 Å². The summed E-state index contributed by atoms with van der Waals surface area (Å²) in [5, 5.41) is 19.7. The first-order valence-corrected chi connectivity index (χ1v) is 11.2. The van der Waals surface area contributed by atoms with Gasteiger partial charge in [0.1, 0.15) is 11.5 Å². The van der Waals surface area contributed by atoms with E-state index in [9.17, 15) is 14.4 Å². The van der Waals surface area contributed by atoms with Gasteiger partial charge in [0.15, 0.2) is 5.78 Å². The van der Waals surface area contributed by atoms with Crippen molar-refractivity contribution in [3.05, 3.63) is 94.6 Å². The summed E-state index contributed by atoms with van der Waals surface area (Å²) in [6, 6.07) is 15.3. The lowest BCUT2D eigenvalue weighted by atomic mass is 9.98. The van der Waals surface area contributed by atoms with Crippen LogP contribution in [0.25, 0.3) is 5.57 Å². The molecule has 5 rings (SSSR count). The summed E-state index contributed by atoms with van der Waals surface area (Å²) in [4.78, 5) is 38.5. The molecule has 10 nitrogen and oxygen atoms in total. The molecule has 1 aliphatic heterocycles. The molecule has 3 heterocycles. The Kier molecular flexibility index (Phi) is 5.69. The molecule has 0 aliphatic carbocycles. The Morgan fingerprint density at radius 3 is 2.53 bits per heavy atom. The van der Waals surface area contributed by atoms with Gasteiger partial charge in [0, 0.05) is 47.4 Å². The van der Waals surface area contributed by atoms with Gasteiger partial charge in [-0.05, 0) is 50.2 Å². The lowest BCUT2D eigenvalue weighted by Crippen LogP contribution is -2.16. The number of carbonyl (C=O) groups excluding carboxylic acids is 3. The summed E-state index contributed by atoms with van der Waals surface area (Å²) in [5.41, 5.74) is 4.92. The van der Waals surface area contributed by atoms with E-state index in [1.165, 1.54) is 4.68 Å². The van der Waals surface area contributed by atoms with Crippen molar-refractivity contribution in [3.8, 4) is 0 Å². The maximum atomic E-state index is 13.3. The van der Waals surface area contributed by atoms with Crippen LogP contribution in [0.5, 0.6) is 0 Å². The molecule has 0 radical (unpaired) electrons. The van der Waals surface area contributed by atoms with Crippen molar-refractivity contribution < 1.29 is 14.4 Å². The molecule has 0 saturated carbocycles. The van der Waals surface area contributed by atoms with Gasteiger partial charge in [0.2, 0.25) is 0 Å². The molecule has 10 heteroatoms. The van der Waals surface area contributed by atoms with Crippen LogP contribution < -0.4 is 16.0 Å². The molecule has 180 valence electrons. The molecular weight excluding hydrogens is 458 g/mol. The molecule has 1 aliphatic rings. The number of amides is 2. The van der Waals surface area contributed by atoms with Crippen LogP contribution in [0.2, 0.25) is 0 Å². The molecule has 0 bridgehead atoms. The third-order valence-electron chi connectivity index (χ3n) is 5.76. The fourth-order valence-electron chi connectivity index (χ4n) is 4.04. The van der Waals surface area contributed by atoms with Crippen molar-refractivity contribution in [2.45, 2.75) is 13.8 Å². The number of nitrogens with zero attached hydrogens (tertiary/aromatic N) is 3. The zero-order valence-electron chi connectivity index (χ0n) is 19.8. The number of benzene rings is 2. The zero-order valence-corrected chi connectivity index (χ0v) is 19.8. The Hall–Kier alpha value is -4.99. The number of H-pyrrole nitrogens is 1. The van der Waals surface area contributed by atoms with Gasteiger partial charge in [-0.3, -0.25) is 24.2 Å². The van der Waals surface area contributed by atoms with E-state index in [-0.39, 0.29) is 17.6 Å². The van der Waals surface area contributed by atoms with Gasteiger partial charge in [-0.1, -0.05) is 12.1 Å². The number of hydrogen-bond donors (Lipinski definition) is 4. The maximum Gasteiger partial charge on any atom is 0.273 e. The number of hydrogen-bond acceptors (Lipinski definition) is 6. The summed E-state index contributed by atoms with van der Waals surface area (Å²) in [5.74, 6) is -0.178. The molecule has 0 spiro atoms. The number of fused-ring (bicyclic) bond motifs is 1. The minimum Gasteiger partial charge on any atom is -0.346 e. The van der Waals surface area contributed by atoms with Crippen molar-refractivity contribution in [2.75, 3.05) is 16.0 Å². The van der Waals surface area contributed by atoms with Gasteiger partial charge in [-0.2, -0.15) is 10.2 Å². The highest BCUT2D eigenvalue weighted by molar-refractivity contribution is 6.32. The standard InChI is InChI=1S/C26H23N7O3/c1-14-10-23(31-30-14)27-13-20-19-12-17(7-8-21(19)29-25(20)35)24(34)16-5-4-6-18(11-16)28-26(36)22-9-15(2)32-33(22)3/h4-13H,1-3H3,(H,28,36)(H,29,35)(H2,27,30,31)/b20-13-. The lowest BCUT2D eigenvalue weighted by molar-refractivity contribution is -0.110. The SMILES string of the molecule is Cc1cc(N/C=C2\C(=O)Nc3ccc(C(=O)c4cccc(NC(=O)c5cc(C)nn5C)c4)cc32)[nH]n1. The average Bonchev–Trinajstić information content (AvgIpc) is 3.52. The predicted octanol–water partition coefficient (Wildman–Crippen LogP) is 3.65. The van der Waals surface area contributed by atoms with E-state index in [2.05, 4.69) is 31.2 Å². The number of aromatic amines is 1. The molecule has 0 unspecified atom stereocenters. The van der Waals surface area contributed by atoms with E-state index in [4.69, 9.17) is 0 Å². The van der Waals surface area contributed by atoms with Gasteiger partial charge >= 0.3 is 0 Å². The van der Waals surface area contributed by atoms with Crippen LogP contribution in [0.4, 0.5) is 17.2 Å². The quantitative estimate of drug-likeness (QED) is 0.245. The van der Waals surface area contributed by atoms with Crippen molar-refractivity contribution in [1.29, 1.82) is 0 Å². The number of ketones is 1. The zero-order chi connectivity index (χ0) is 25.4. The molecule has 2 amide bonds. The molecule has 0 saturated heterocycles. The van der Waals surface area contributed by atoms with Crippen LogP contribution in [0.15, 0.2) is 60.8 Å². The minimum absolute atomic E-state index is 0.235. The summed E-state index contributed by atoms with van der Waals surface area (Å²) < 4.78 is 1.51. The number of aromatic nitrogens is 4. The number of aryl methyl sites for hydroxylation is 3. The van der Waals surface area contributed by atoms with Crippen LogP contribution in [0.3, 0.4) is 0 Å². The Morgan fingerprint density at radius 2 is 1.81 bits per heavy atom. The second-order valence-corrected chi connectivity index (χ2v) is 8.50. The number of anilines is 3. The summed E-state index contributed by atoms with van der Waals surface area (Å²) in [6.07, 6.45) is 1.58. The minimum atomic E-state index is -0.320. The van der Waals surface area contributed by atoms with Crippen LogP contribution in [-0.2, 0) is 11.8 Å². The first-order valence-electron chi connectivity index (χ1n) is 11.2. The molecule has 0 fully saturated rings. The normalized spacial score (nSPS) is 13.4. The number of nitrogens with one attached hydrogen (secondary N) is 4.